The standard InChI is InChI=1S/C33H30F4O3/c34-25-11-7-23(8-12-25)30-17-15-28(21-32(30)36)39-19-3-1-5-27(38)6-2-4-20-40-29-16-18-31(33(37)22-29)24-9-13-26(35)14-10-24/h7-18,21-22H,1-6,19-20H2. The van der Waals surface area contributed by atoms with E-state index >= 15 is 0 Å². The Kier molecular flexibility index (Phi) is 10.3. The lowest BCUT2D eigenvalue weighted by atomic mass is 10.0. The van der Waals surface area contributed by atoms with E-state index in [0.29, 0.717) is 85.5 Å². The highest BCUT2D eigenvalue weighted by atomic mass is 19.1. The van der Waals surface area contributed by atoms with E-state index in [2.05, 4.69) is 0 Å². The summed E-state index contributed by atoms with van der Waals surface area (Å²) in [5.41, 5.74) is 1.91. The highest BCUT2D eigenvalue weighted by Gasteiger charge is 2.09. The molecule has 7 heteroatoms. The van der Waals surface area contributed by atoms with Gasteiger partial charge in [-0.05, 0) is 85.3 Å². The largest absolute Gasteiger partial charge is 0.493 e. The lowest BCUT2D eigenvalue weighted by molar-refractivity contribution is -0.119. The van der Waals surface area contributed by atoms with E-state index in [1.54, 1.807) is 24.3 Å². The highest BCUT2D eigenvalue weighted by Crippen LogP contribution is 2.28. The maximum atomic E-state index is 14.4. The van der Waals surface area contributed by atoms with Gasteiger partial charge in [0.1, 0.15) is 40.6 Å². The number of hydrogen-bond acceptors (Lipinski definition) is 3. The van der Waals surface area contributed by atoms with Crippen LogP contribution in [0.5, 0.6) is 11.5 Å². The van der Waals surface area contributed by atoms with Gasteiger partial charge >= 0.3 is 0 Å². The third-order valence-electron chi connectivity index (χ3n) is 6.43. The molecule has 0 unspecified atom stereocenters. The van der Waals surface area contributed by atoms with E-state index in [-0.39, 0.29) is 17.4 Å². The first kappa shape index (κ1) is 28.9. The molecule has 0 saturated carbocycles. The Morgan fingerprint density at radius 1 is 0.525 bits per heavy atom. The second-order valence-corrected chi connectivity index (χ2v) is 9.45. The number of Topliss-reactive ketones (excluding diaryl/α,β-unsaturated/α-hetero) is 1. The zero-order valence-electron chi connectivity index (χ0n) is 22.0. The quantitative estimate of drug-likeness (QED) is 0.116. The van der Waals surface area contributed by atoms with Crippen LogP contribution in [0.25, 0.3) is 22.3 Å². The highest BCUT2D eigenvalue weighted by molar-refractivity contribution is 5.78. The minimum absolute atomic E-state index is 0.157. The molecule has 0 bridgehead atoms. The summed E-state index contributed by atoms with van der Waals surface area (Å²) in [5, 5.41) is 0. The van der Waals surface area contributed by atoms with Gasteiger partial charge in [-0.2, -0.15) is 0 Å². The molecule has 0 heterocycles. The van der Waals surface area contributed by atoms with Gasteiger partial charge in [-0.15, -0.1) is 0 Å². The van der Waals surface area contributed by atoms with Crippen molar-refractivity contribution < 1.29 is 31.8 Å². The molecule has 0 radical (unpaired) electrons. The summed E-state index contributed by atoms with van der Waals surface area (Å²) in [6.45, 7) is 0.736. The van der Waals surface area contributed by atoms with Crippen LogP contribution in [0.15, 0.2) is 84.9 Å². The van der Waals surface area contributed by atoms with Gasteiger partial charge in [0.25, 0.3) is 0 Å². The molecule has 4 aromatic rings. The number of benzene rings is 4. The fourth-order valence-corrected chi connectivity index (χ4v) is 4.25. The number of carbonyl (C=O) groups is 1. The van der Waals surface area contributed by atoms with Crippen LogP contribution in [-0.2, 0) is 4.79 Å². The molecule has 3 nitrogen and oxygen atoms in total. The lowest BCUT2D eigenvalue weighted by Gasteiger charge is -2.09. The minimum atomic E-state index is -0.449. The summed E-state index contributed by atoms with van der Waals surface area (Å²) < 4.78 is 66.3. The van der Waals surface area contributed by atoms with Crippen molar-refractivity contribution in [3.63, 3.8) is 0 Å². The van der Waals surface area contributed by atoms with Gasteiger partial charge in [0.05, 0.1) is 13.2 Å². The van der Waals surface area contributed by atoms with Crippen LogP contribution < -0.4 is 9.47 Å². The number of unbranched alkanes of at least 4 members (excludes halogenated alkanes) is 2. The summed E-state index contributed by atoms with van der Waals surface area (Å²) in [4.78, 5) is 12.2. The third kappa shape index (κ3) is 8.43. The summed E-state index contributed by atoms with van der Waals surface area (Å²) >= 11 is 0. The number of carbonyl (C=O) groups excluding carboxylic acids is 1. The molecule has 0 N–H and O–H groups in total. The van der Waals surface area contributed by atoms with Crippen molar-refractivity contribution in [2.24, 2.45) is 0 Å². The number of ether oxygens (including phenoxy) is 2. The molecule has 0 aliphatic rings. The monoisotopic (exact) mass is 550 g/mol. The smallest absolute Gasteiger partial charge is 0.134 e. The molecule has 0 aromatic heterocycles. The van der Waals surface area contributed by atoms with Crippen LogP contribution in [0.3, 0.4) is 0 Å². The first-order valence-electron chi connectivity index (χ1n) is 13.3. The molecule has 4 rings (SSSR count). The Morgan fingerprint density at radius 2 is 0.925 bits per heavy atom. The fraction of sp³-hybridized carbons (Fsp3) is 0.242. The van der Waals surface area contributed by atoms with E-state index < -0.39 is 11.6 Å². The normalized spacial score (nSPS) is 10.9. The molecule has 0 aliphatic heterocycles. The van der Waals surface area contributed by atoms with Gasteiger partial charge in [0, 0.05) is 36.1 Å². The van der Waals surface area contributed by atoms with Gasteiger partial charge in [0.15, 0.2) is 0 Å². The fourth-order valence-electron chi connectivity index (χ4n) is 4.25. The maximum Gasteiger partial charge on any atom is 0.134 e. The Hall–Kier alpha value is -4.13. The van der Waals surface area contributed by atoms with Crippen molar-refractivity contribution in [3.05, 3.63) is 108 Å². The predicted octanol–water partition coefficient (Wildman–Crippen LogP) is 8.94. The maximum absolute atomic E-state index is 14.4. The average Bonchev–Trinajstić information content (AvgIpc) is 2.94. The van der Waals surface area contributed by atoms with Crippen molar-refractivity contribution in [1.29, 1.82) is 0 Å². The average molecular weight is 551 g/mol. The molecule has 208 valence electrons. The van der Waals surface area contributed by atoms with Crippen molar-refractivity contribution in [3.8, 4) is 33.8 Å². The third-order valence-corrected chi connectivity index (χ3v) is 6.43. The second-order valence-electron chi connectivity index (χ2n) is 9.45. The Bertz CT molecular complexity index is 1300. The molecule has 0 atom stereocenters. The molecule has 0 amide bonds. The van der Waals surface area contributed by atoms with E-state index in [0.717, 1.165) is 0 Å². The van der Waals surface area contributed by atoms with Gasteiger partial charge in [-0.1, -0.05) is 24.3 Å². The van der Waals surface area contributed by atoms with E-state index in [4.69, 9.17) is 9.47 Å². The second kappa shape index (κ2) is 14.3. The molecule has 4 aromatic carbocycles. The Morgan fingerprint density at radius 3 is 1.30 bits per heavy atom. The van der Waals surface area contributed by atoms with Crippen LogP contribution in [0.1, 0.15) is 38.5 Å². The molecule has 0 aliphatic carbocycles. The molecular weight excluding hydrogens is 520 g/mol. The summed E-state index contributed by atoms with van der Waals surface area (Å²) in [6, 6.07) is 20.4. The summed E-state index contributed by atoms with van der Waals surface area (Å²) in [6.07, 6.45) is 3.55. The Labute approximate surface area is 231 Å². The number of ketones is 1. The number of hydrogen-bond donors (Lipinski definition) is 0. The van der Waals surface area contributed by atoms with E-state index in [1.165, 1.54) is 60.7 Å². The molecular formula is C33H30F4O3. The van der Waals surface area contributed by atoms with E-state index in [1.807, 2.05) is 0 Å². The topological polar surface area (TPSA) is 35.5 Å². The molecule has 0 saturated heterocycles. The Balaban J connectivity index is 1.08. The van der Waals surface area contributed by atoms with Crippen LogP contribution in [-0.4, -0.2) is 19.0 Å². The first-order chi connectivity index (χ1) is 19.4. The van der Waals surface area contributed by atoms with Crippen molar-refractivity contribution >= 4 is 5.78 Å². The van der Waals surface area contributed by atoms with Crippen molar-refractivity contribution in [2.75, 3.05) is 13.2 Å². The zero-order chi connectivity index (χ0) is 28.3. The summed E-state index contributed by atoms with van der Waals surface area (Å²) in [7, 11) is 0. The SMILES string of the molecule is O=C(CCCCOc1ccc(-c2ccc(F)cc2)c(F)c1)CCCCOc1ccc(-c2ccc(F)cc2)c(F)c1. The van der Waals surface area contributed by atoms with Gasteiger partial charge in [-0.25, -0.2) is 17.6 Å². The van der Waals surface area contributed by atoms with Gasteiger partial charge in [0.2, 0.25) is 0 Å². The van der Waals surface area contributed by atoms with Crippen LogP contribution >= 0.6 is 0 Å². The van der Waals surface area contributed by atoms with E-state index in [9.17, 15) is 22.4 Å². The molecule has 0 spiro atoms. The van der Waals surface area contributed by atoms with Crippen LogP contribution in [0.2, 0.25) is 0 Å². The molecule has 0 fully saturated rings. The van der Waals surface area contributed by atoms with Gasteiger partial charge in [-0.3, -0.25) is 4.79 Å². The van der Waals surface area contributed by atoms with Crippen molar-refractivity contribution in [1.82, 2.24) is 0 Å². The van der Waals surface area contributed by atoms with Crippen molar-refractivity contribution in [2.45, 2.75) is 38.5 Å². The number of rotatable bonds is 14. The first-order valence-corrected chi connectivity index (χ1v) is 13.3. The van der Waals surface area contributed by atoms with Crippen LogP contribution in [0, 0.1) is 23.3 Å². The van der Waals surface area contributed by atoms with Gasteiger partial charge < -0.3 is 9.47 Å². The minimum Gasteiger partial charge on any atom is -0.493 e. The van der Waals surface area contributed by atoms with Crippen LogP contribution in [0.4, 0.5) is 17.6 Å². The number of halogens is 4. The summed E-state index contributed by atoms with van der Waals surface area (Å²) in [5.74, 6) is -0.691. The zero-order valence-corrected chi connectivity index (χ0v) is 22.0. The lowest BCUT2D eigenvalue weighted by Crippen LogP contribution is -2.03. The predicted molar refractivity (Wildman–Crippen MR) is 147 cm³/mol. The molecule has 40 heavy (non-hydrogen) atoms.